The van der Waals surface area contributed by atoms with Crippen molar-refractivity contribution in [3.63, 3.8) is 0 Å². The van der Waals surface area contributed by atoms with Crippen molar-refractivity contribution in [2.75, 3.05) is 33.8 Å². The maximum atomic E-state index is 9.27. The summed E-state index contributed by atoms with van der Waals surface area (Å²) in [5, 5.41) is 16.0. The van der Waals surface area contributed by atoms with Crippen LogP contribution in [0.25, 0.3) is 0 Å². The van der Waals surface area contributed by atoms with Gasteiger partial charge in [-0.1, -0.05) is 38.1 Å². The number of hydrogen-bond acceptors (Lipinski definition) is 3. The molecule has 0 amide bonds. The summed E-state index contributed by atoms with van der Waals surface area (Å²) in [6.07, 6.45) is 1.94. The molecule has 0 saturated heterocycles. The third kappa shape index (κ3) is 12.3. The fraction of sp³-hybridized carbons (Fsp3) is 0.667. The molecule has 1 atom stereocenters. The normalized spacial score (nSPS) is 12.8. The van der Waals surface area contributed by atoms with Crippen LogP contribution in [0.1, 0.15) is 44.7 Å². The summed E-state index contributed by atoms with van der Waals surface area (Å²) in [6.45, 7) is 10.1. The van der Waals surface area contributed by atoms with Crippen molar-refractivity contribution in [2.45, 2.75) is 46.7 Å². The lowest BCUT2D eigenvalue weighted by molar-refractivity contribution is 0.243. The molecule has 0 spiro atoms. The number of rotatable bonds is 11. The summed E-state index contributed by atoms with van der Waals surface area (Å²) in [5.41, 5.74) is 2.52. The Morgan fingerprint density at radius 2 is 1.74 bits per heavy atom. The lowest BCUT2D eigenvalue weighted by atomic mass is 9.94. The number of benzene rings is 1. The Bertz CT molecular complexity index is 517. The zero-order chi connectivity index (χ0) is 19.4. The van der Waals surface area contributed by atoms with Crippen molar-refractivity contribution < 1.29 is 5.11 Å². The first-order chi connectivity index (χ1) is 12.4. The summed E-state index contributed by atoms with van der Waals surface area (Å²) in [4.78, 5) is 6.87. The van der Waals surface area contributed by atoms with E-state index in [1.54, 1.807) is 0 Å². The van der Waals surface area contributed by atoms with Crippen LogP contribution in [-0.4, -0.2) is 49.8 Å². The first-order valence-corrected chi connectivity index (χ1v) is 9.80. The van der Waals surface area contributed by atoms with Gasteiger partial charge < -0.3 is 20.6 Å². The molecule has 0 heterocycles. The summed E-state index contributed by atoms with van der Waals surface area (Å²) in [7, 11) is 4.16. The molecule has 1 unspecified atom stereocenters. The number of nitrogens with one attached hydrogen (secondary N) is 2. The lowest BCUT2D eigenvalue weighted by Crippen LogP contribution is -2.40. The minimum absolute atomic E-state index is 0. The quantitative estimate of drug-likeness (QED) is 0.253. The van der Waals surface area contributed by atoms with Crippen LogP contribution in [0.4, 0.5) is 0 Å². The molecule has 6 heteroatoms. The monoisotopic (exact) mass is 490 g/mol. The Hall–Kier alpha value is -0.860. The summed E-state index contributed by atoms with van der Waals surface area (Å²) < 4.78 is 0. The fourth-order valence-electron chi connectivity index (χ4n) is 3.02. The molecule has 0 bridgehead atoms. The van der Waals surface area contributed by atoms with Crippen LogP contribution in [-0.2, 0) is 13.1 Å². The number of aliphatic hydroxyl groups excluding tert-OH is 1. The minimum Gasteiger partial charge on any atom is -0.396 e. The molecule has 0 fully saturated rings. The minimum atomic E-state index is 0. The van der Waals surface area contributed by atoms with Gasteiger partial charge in [0.15, 0.2) is 5.96 Å². The number of guanidine groups is 1. The average Bonchev–Trinajstić information content (AvgIpc) is 2.57. The molecule has 27 heavy (non-hydrogen) atoms. The Morgan fingerprint density at radius 1 is 1.11 bits per heavy atom. The van der Waals surface area contributed by atoms with E-state index >= 15 is 0 Å². The molecule has 3 N–H and O–H groups in total. The summed E-state index contributed by atoms with van der Waals surface area (Å²) in [6, 6.07) is 8.65. The summed E-state index contributed by atoms with van der Waals surface area (Å²) >= 11 is 0. The molecular weight excluding hydrogens is 451 g/mol. The van der Waals surface area contributed by atoms with Crippen LogP contribution in [0.2, 0.25) is 0 Å². The second-order valence-corrected chi connectivity index (χ2v) is 7.64. The van der Waals surface area contributed by atoms with Crippen molar-refractivity contribution in [1.82, 2.24) is 15.5 Å². The number of aliphatic hydroxyl groups is 1. The van der Waals surface area contributed by atoms with Crippen molar-refractivity contribution >= 4 is 29.9 Å². The molecule has 1 aromatic rings. The van der Waals surface area contributed by atoms with Gasteiger partial charge in [0.05, 0.1) is 6.54 Å². The highest BCUT2D eigenvalue weighted by Gasteiger charge is 2.11. The third-order valence-electron chi connectivity index (χ3n) is 4.19. The largest absolute Gasteiger partial charge is 0.396 e. The first-order valence-electron chi connectivity index (χ1n) is 9.80. The highest BCUT2D eigenvalue weighted by Crippen LogP contribution is 2.14. The van der Waals surface area contributed by atoms with E-state index in [4.69, 9.17) is 4.99 Å². The van der Waals surface area contributed by atoms with E-state index in [9.17, 15) is 5.11 Å². The van der Waals surface area contributed by atoms with Crippen LogP contribution in [0, 0.1) is 11.8 Å². The Morgan fingerprint density at radius 3 is 2.26 bits per heavy atom. The van der Waals surface area contributed by atoms with Gasteiger partial charge in [0, 0.05) is 26.2 Å². The zero-order valence-corrected chi connectivity index (χ0v) is 20.0. The van der Waals surface area contributed by atoms with Crippen molar-refractivity contribution in [3.05, 3.63) is 35.4 Å². The maximum absolute atomic E-state index is 9.27. The Labute approximate surface area is 183 Å². The van der Waals surface area contributed by atoms with E-state index in [0.717, 1.165) is 38.4 Å². The van der Waals surface area contributed by atoms with E-state index in [2.05, 4.69) is 74.7 Å². The SMILES string of the molecule is CCNC(=NCc1ccc(CN(C)C)cc1)NCC(CCO)CC(C)C.I. The van der Waals surface area contributed by atoms with Gasteiger partial charge in [-0.15, -0.1) is 24.0 Å². The number of hydrogen-bond donors (Lipinski definition) is 3. The Balaban J connectivity index is 0.00000676. The Kier molecular flexibility index (Phi) is 14.6. The van der Waals surface area contributed by atoms with Crippen molar-refractivity contribution in [3.8, 4) is 0 Å². The molecule has 0 aliphatic carbocycles. The van der Waals surface area contributed by atoms with Gasteiger partial charge in [-0.3, -0.25) is 0 Å². The molecule has 1 aromatic carbocycles. The third-order valence-corrected chi connectivity index (χ3v) is 4.19. The van der Waals surface area contributed by atoms with Crippen LogP contribution < -0.4 is 10.6 Å². The number of nitrogens with zero attached hydrogens (tertiary/aromatic N) is 2. The smallest absolute Gasteiger partial charge is 0.191 e. The molecule has 0 aliphatic heterocycles. The molecular formula is C21H39IN4O. The van der Waals surface area contributed by atoms with E-state index in [1.807, 2.05) is 0 Å². The van der Waals surface area contributed by atoms with Gasteiger partial charge in [0.2, 0.25) is 0 Å². The second kappa shape index (κ2) is 15.1. The van der Waals surface area contributed by atoms with E-state index < -0.39 is 0 Å². The second-order valence-electron chi connectivity index (χ2n) is 7.64. The van der Waals surface area contributed by atoms with Crippen LogP contribution in [0.3, 0.4) is 0 Å². The summed E-state index contributed by atoms with van der Waals surface area (Å²) in [5.74, 6) is 1.94. The standard InChI is InChI=1S/C21H38N4O.HI/c1-6-22-21(24-15-20(11-12-26)13-17(2)3)23-14-18-7-9-19(10-8-18)16-25(4)5;/h7-10,17,20,26H,6,11-16H2,1-5H3,(H2,22,23,24);1H. The predicted molar refractivity (Wildman–Crippen MR) is 127 cm³/mol. The van der Waals surface area contributed by atoms with Gasteiger partial charge in [0.25, 0.3) is 0 Å². The highest BCUT2D eigenvalue weighted by atomic mass is 127. The lowest BCUT2D eigenvalue weighted by Gasteiger charge is -2.20. The van der Waals surface area contributed by atoms with Gasteiger partial charge in [-0.05, 0) is 56.8 Å². The number of aliphatic imine (C=N–C) groups is 1. The average molecular weight is 490 g/mol. The zero-order valence-electron chi connectivity index (χ0n) is 17.7. The van der Waals surface area contributed by atoms with Gasteiger partial charge in [0.1, 0.15) is 0 Å². The molecule has 0 radical (unpaired) electrons. The topological polar surface area (TPSA) is 59.9 Å². The maximum Gasteiger partial charge on any atom is 0.191 e. The van der Waals surface area contributed by atoms with E-state index in [1.165, 1.54) is 11.1 Å². The van der Waals surface area contributed by atoms with Crippen molar-refractivity contribution in [2.24, 2.45) is 16.8 Å². The highest BCUT2D eigenvalue weighted by molar-refractivity contribution is 14.0. The van der Waals surface area contributed by atoms with Crippen molar-refractivity contribution in [1.29, 1.82) is 0 Å². The molecule has 156 valence electrons. The fourth-order valence-corrected chi connectivity index (χ4v) is 3.02. The van der Waals surface area contributed by atoms with Gasteiger partial charge in [-0.25, -0.2) is 4.99 Å². The molecule has 5 nitrogen and oxygen atoms in total. The molecule has 0 saturated carbocycles. The predicted octanol–water partition coefficient (Wildman–Crippen LogP) is 3.47. The van der Waals surface area contributed by atoms with Gasteiger partial charge in [-0.2, -0.15) is 0 Å². The molecule has 0 aliphatic rings. The van der Waals surface area contributed by atoms with Crippen LogP contribution >= 0.6 is 24.0 Å². The van der Waals surface area contributed by atoms with E-state index in [0.29, 0.717) is 18.4 Å². The van der Waals surface area contributed by atoms with E-state index in [-0.39, 0.29) is 30.6 Å². The van der Waals surface area contributed by atoms with Crippen LogP contribution in [0.15, 0.2) is 29.3 Å². The molecule has 0 aromatic heterocycles. The number of halogens is 1. The molecule has 1 rings (SSSR count). The first kappa shape index (κ1) is 26.1. The van der Waals surface area contributed by atoms with Crippen LogP contribution in [0.5, 0.6) is 0 Å². The van der Waals surface area contributed by atoms with Gasteiger partial charge >= 0.3 is 0 Å².